The van der Waals surface area contributed by atoms with Crippen LogP contribution in [0, 0.1) is 5.92 Å². The molecule has 1 saturated heterocycles. The maximum absolute atomic E-state index is 11.9. The lowest BCUT2D eigenvalue weighted by atomic mass is 10.1. The average Bonchev–Trinajstić information content (AvgIpc) is 3.24. The van der Waals surface area contributed by atoms with Crippen LogP contribution in [0.25, 0.3) is 0 Å². The van der Waals surface area contributed by atoms with Crippen LogP contribution in [0.2, 0.25) is 0 Å². The molecule has 0 radical (unpaired) electrons. The van der Waals surface area contributed by atoms with Crippen molar-refractivity contribution < 1.29 is 14.3 Å². The van der Waals surface area contributed by atoms with Crippen molar-refractivity contribution in [1.29, 1.82) is 0 Å². The highest BCUT2D eigenvalue weighted by Gasteiger charge is 2.25. The van der Waals surface area contributed by atoms with Crippen LogP contribution in [0.3, 0.4) is 0 Å². The second-order valence-corrected chi connectivity index (χ2v) is 5.55. The average molecular weight is 270 g/mol. The van der Waals surface area contributed by atoms with Crippen molar-refractivity contribution in [3.8, 4) is 0 Å². The van der Waals surface area contributed by atoms with E-state index in [1.165, 1.54) is 12.8 Å². The van der Waals surface area contributed by atoms with E-state index in [4.69, 9.17) is 15.2 Å². The molecule has 0 bridgehead atoms. The summed E-state index contributed by atoms with van der Waals surface area (Å²) < 4.78 is 11.2. The quantitative estimate of drug-likeness (QED) is 0.662. The number of rotatable bonds is 8. The Morgan fingerprint density at radius 2 is 1.95 bits per heavy atom. The molecular weight excluding hydrogens is 244 g/mol. The van der Waals surface area contributed by atoms with Crippen LogP contribution in [0.5, 0.6) is 0 Å². The monoisotopic (exact) mass is 270 g/mol. The second kappa shape index (κ2) is 7.82. The third kappa shape index (κ3) is 5.47. The molecule has 1 amide bonds. The Bertz CT molecular complexity index is 274. The predicted molar refractivity (Wildman–Crippen MR) is 72.8 cm³/mol. The summed E-state index contributed by atoms with van der Waals surface area (Å²) in [6.45, 7) is 3.99. The van der Waals surface area contributed by atoms with Crippen molar-refractivity contribution in [2.24, 2.45) is 11.7 Å². The zero-order chi connectivity index (χ0) is 13.5. The molecule has 5 nitrogen and oxygen atoms in total. The van der Waals surface area contributed by atoms with Gasteiger partial charge in [0, 0.05) is 19.7 Å². The Balaban J connectivity index is 1.54. The summed E-state index contributed by atoms with van der Waals surface area (Å²) in [4.78, 5) is 13.8. The van der Waals surface area contributed by atoms with E-state index in [-0.39, 0.29) is 12.5 Å². The van der Waals surface area contributed by atoms with Crippen LogP contribution in [0.4, 0.5) is 0 Å². The zero-order valence-corrected chi connectivity index (χ0v) is 11.7. The summed E-state index contributed by atoms with van der Waals surface area (Å²) >= 11 is 0. The van der Waals surface area contributed by atoms with E-state index in [9.17, 15) is 4.79 Å². The molecule has 0 aromatic rings. The lowest BCUT2D eigenvalue weighted by molar-refractivity contribution is -0.138. The number of nitrogens with two attached hydrogens (primary N) is 1. The van der Waals surface area contributed by atoms with Gasteiger partial charge in [-0.1, -0.05) is 0 Å². The maximum Gasteiger partial charge on any atom is 0.248 e. The van der Waals surface area contributed by atoms with Gasteiger partial charge in [0.25, 0.3) is 0 Å². The zero-order valence-electron chi connectivity index (χ0n) is 11.7. The highest BCUT2D eigenvalue weighted by Crippen LogP contribution is 2.28. The fourth-order valence-corrected chi connectivity index (χ4v) is 2.29. The lowest BCUT2D eigenvalue weighted by Gasteiger charge is -2.32. The van der Waals surface area contributed by atoms with Crippen molar-refractivity contribution >= 4 is 5.91 Å². The molecule has 0 aromatic carbocycles. The highest BCUT2D eigenvalue weighted by atomic mass is 16.5. The highest BCUT2D eigenvalue weighted by molar-refractivity contribution is 5.77. The van der Waals surface area contributed by atoms with Crippen LogP contribution < -0.4 is 5.73 Å². The first kappa shape index (κ1) is 14.8. The molecule has 1 heterocycles. The van der Waals surface area contributed by atoms with Crippen LogP contribution in [0.1, 0.15) is 32.1 Å². The third-order valence-corrected chi connectivity index (χ3v) is 3.77. The Morgan fingerprint density at radius 3 is 2.58 bits per heavy atom. The summed E-state index contributed by atoms with van der Waals surface area (Å²) in [7, 11) is 0. The Labute approximate surface area is 115 Å². The van der Waals surface area contributed by atoms with Gasteiger partial charge in [-0.15, -0.1) is 0 Å². The van der Waals surface area contributed by atoms with E-state index in [1.54, 1.807) is 0 Å². The molecule has 2 fully saturated rings. The van der Waals surface area contributed by atoms with Crippen LogP contribution in [0.15, 0.2) is 0 Å². The van der Waals surface area contributed by atoms with Gasteiger partial charge >= 0.3 is 0 Å². The Morgan fingerprint density at radius 1 is 1.21 bits per heavy atom. The predicted octanol–water partition coefficient (Wildman–Crippen LogP) is 0.769. The molecule has 0 unspecified atom stereocenters. The fraction of sp³-hybridized carbons (Fsp3) is 0.929. The first-order valence-electron chi connectivity index (χ1n) is 7.46. The van der Waals surface area contributed by atoms with E-state index in [2.05, 4.69) is 0 Å². The largest absolute Gasteiger partial charge is 0.378 e. The van der Waals surface area contributed by atoms with Crippen LogP contribution in [-0.2, 0) is 14.3 Å². The standard InChI is InChI=1S/C14H26N2O3/c15-6-1-9-19-13-4-7-16(8-5-13)14(17)11-18-10-12-2-3-12/h12-13H,1-11,15H2. The topological polar surface area (TPSA) is 64.8 Å². The molecule has 2 aliphatic rings. The molecule has 1 aliphatic heterocycles. The minimum absolute atomic E-state index is 0.126. The van der Waals surface area contributed by atoms with Gasteiger partial charge in [-0.3, -0.25) is 4.79 Å². The number of amides is 1. The molecular formula is C14H26N2O3. The summed E-state index contributed by atoms with van der Waals surface area (Å²) in [6.07, 6.45) is 5.59. The van der Waals surface area contributed by atoms with Gasteiger partial charge in [-0.25, -0.2) is 0 Å². The summed E-state index contributed by atoms with van der Waals surface area (Å²) in [5, 5.41) is 0. The number of piperidine rings is 1. The number of hydrogen-bond donors (Lipinski definition) is 1. The molecule has 1 saturated carbocycles. The molecule has 5 heteroatoms. The Kier molecular flexibility index (Phi) is 6.07. The van der Waals surface area contributed by atoms with Crippen molar-refractivity contribution in [3.63, 3.8) is 0 Å². The van der Waals surface area contributed by atoms with Gasteiger partial charge < -0.3 is 20.1 Å². The summed E-state index contributed by atoms with van der Waals surface area (Å²) in [5.41, 5.74) is 5.43. The molecule has 110 valence electrons. The van der Waals surface area contributed by atoms with Crippen molar-refractivity contribution in [2.75, 3.05) is 39.5 Å². The van der Waals surface area contributed by atoms with E-state index in [0.717, 1.165) is 51.5 Å². The first-order valence-corrected chi connectivity index (χ1v) is 7.46. The fourth-order valence-electron chi connectivity index (χ4n) is 2.29. The van der Waals surface area contributed by atoms with Crippen LogP contribution in [-0.4, -0.2) is 56.4 Å². The SMILES string of the molecule is NCCCOC1CCN(C(=O)COCC2CC2)CC1. The van der Waals surface area contributed by atoms with E-state index < -0.39 is 0 Å². The number of likely N-dealkylation sites (tertiary alicyclic amines) is 1. The number of hydrogen-bond acceptors (Lipinski definition) is 4. The van der Waals surface area contributed by atoms with E-state index in [0.29, 0.717) is 12.6 Å². The van der Waals surface area contributed by atoms with E-state index in [1.807, 2.05) is 4.90 Å². The first-order chi connectivity index (χ1) is 9.29. The third-order valence-electron chi connectivity index (χ3n) is 3.77. The molecule has 2 N–H and O–H groups in total. The smallest absolute Gasteiger partial charge is 0.248 e. The van der Waals surface area contributed by atoms with Gasteiger partial charge in [0.15, 0.2) is 0 Å². The van der Waals surface area contributed by atoms with Crippen molar-refractivity contribution in [2.45, 2.75) is 38.2 Å². The number of carbonyl (C=O) groups is 1. The molecule has 19 heavy (non-hydrogen) atoms. The molecule has 0 aromatic heterocycles. The minimum atomic E-state index is 0.126. The minimum Gasteiger partial charge on any atom is -0.378 e. The second-order valence-electron chi connectivity index (χ2n) is 5.55. The maximum atomic E-state index is 11.9. The number of ether oxygens (including phenoxy) is 2. The van der Waals surface area contributed by atoms with Gasteiger partial charge in [-0.2, -0.15) is 0 Å². The van der Waals surface area contributed by atoms with Gasteiger partial charge in [0.05, 0.1) is 12.7 Å². The van der Waals surface area contributed by atoms with Crippen LogP contribution >= 0.6 is 0 Å². The molecule has 0 spiro atoms. The normalized spacial score (nSPS) is 20.8. The van der Waals surface area contributed by atoms with Gasteiger partial charge in [0.1, 0.15) is 6.61 Å². The summed E-state index contributed by atoms with van der Waals surface area (Å²) in [5.74, 6) is 0.843. The van der Waals surface area contributed by atoms with Crippen molar-refractivity contribution in [3.05, 3.63) is 0 Å². The van der Waals surface area contributed by atoms with E-state index >= 15 is 0 Å². The molecule has 0 atom stereocenters. The van der Waals surface area contributed by atoms with Crippen molar-refractivity contribution in [1.82, 2.24) is 4.90 Å². The summed E-state index contributed by atoms with van der Waals surface area (Å²) in [6, 6.07) is 0. The molecule has 1 aliphatic carbocycles. The van der Waals surface area contributed by atoms with Gasteiger partial charge in [0.2, 0.25) is 5.91 Å². The number of carbonyl (C=O) groups excluding carboxylic acids is 1. The lowest BCUT2D eigenvalue weighted by Crippen LogP contribution is -2.42. The van der Waals surface area contributed by atoms with Gasteiger partial charge in [-0.05, 0) is 44.6 Å². The molecule has 2 rings (SSSR count). The Hall–Kier alpha value is -0.650. The number of nitrogens with zero attached hydrogens (tertiary/aromatic N) is 1.